The van der Waals surface area contributed by atoms with Gasteiger partial charge < -0.3 is 5.32 Å². The molecule has 90 valence electrons. The van der Waals surface area contributed by atoms with Crippen LogP contribution in [0.15, 0.2) is 24.3 Å². The van der Waals surface area contributed by atoms with Crippen LogP contribution in [0.25, 0.3) is 5.57 Å². The van der Waals surface area contributed by atoms with Crippen molar-refractivity contribution in [1.82, 2.24) is 5.32 Å². The van der Waals surface area contributed by atoms with Crippen molar-refractivity contribution >= 4 is 5.57 Å². The number of hydrogen-bond donors (Lipinski definition) is 1. The van der Waals surface area contributed by atoms with E-state index in [1.807, 2.05) is 6.07 Å². The van der Waals surface area contributed by atoms with Crippen LogP contribution in [0.3, 0.4) is 0 Å². The summed E-state index contributed by atoms with van der Waals surface area (Å²) in [4.78, 5) is 0. The molecule has 2 heteroatoms. The van der Waals surface area contributed by atoms with E-state index in [2.05, 4.69) is 11.4 Å². The molecule has 2 aliphatic carbocycles. The second-order valence-electron chi connectivity index (χ2n) is 5.08. The van der Waals surface area contributed by atoms with Gasteiger partial charge in [-0.25, -0.2) is 4.39 Å². The van der Waals surface area contributed by atoms with Crippen molar-refractivity contribution in [1.29, 1.82) is 0 Å². The SMILES string of the molecule is Fc1ccc(C2=CCCC2)c(CNC2CC2)c1. The molecule has 1 N–H and O–H groups in total. The molecule has 0 heterocycles. The van der Waals surface area contributed by atoms with Gasteiger partial charge in [0.25, 0.3) is 0 Å². The van der Waals surface area contributed by atoms with Gasteiger partial charge in [0.2, 0.25) is 0 Å². The van der Waals surface area contributed by atoms with Crippen LogP contribution < -0.4 is 5.32 Å². The van der Waals surface area contributed by atoms with Crippen LogP contribution in [-0.2, 0) is 6.54 Å². The Kier molecular flexibility index (Phi) is 2.98. The van der Waals surface area contributed by atoms with Gasteiger partial charge in [-0.3, -0.25) is 0 Å². The van der Waals surface area contributed by atoms with Crippen LogP contribution in [0.1, 0.15) is 43.2 Å². The minimum atomic E-state index is -0.125. The summed E-state index contributed by atoms with van der Waals surface area (Å²) in [7, 11) is 0. The molecular weight excluding hydrogens is 213 g/mol. The molecular formula is C15H18FN. The number of hydrogen-bond acceptors (Lipinski definition) is 1. The largest absolute Gasteiger partial charge is 0.310 e. The fourth-order valence-electron chi connectivity index (χ4n) is 2.48. The lowest BCUT2D eigenvalue weighted by molar-refractivity contribution is 0.619. The van der Waals surface area contributed by atoms with Gasteiger partial charge in [-0.2, -0.15) is 0 Å². The monoisotopic (exact) mass is 231 g/mol. The lowest BCUT2D eigenvalue weighted by atomic mass is 9.99. The first-order valence-corrected chi connectivity index (χ1v) is 6.54. The van der Waals surface area contributed by atoms with E-state index < -0.39 is 0 Å². The highest BCUT2D eigenvalue weighted by molar-refractivity contribution is 5.69. The van der Waals surface area contributed by atoms with E-state index in [0.29, 0.717) is 6.04 Å². The Morgan fingerprint density at radius 2 is 2.18 bits per heavy atom. The van der Waals surface area contributed by atoms with E-state index in [-0.39, 0.29) is 5.82 Å². The van der Waals surface area contributed by atoms with Crippen LogP contribution >= 0.6 is 0 Å². The summed E-state index contributed by atoms with van der Waals surface area (Å²) in [5.74, 6) is -0.125. The van der Waals surface area contributed by atoms with Crippen molar-refractivity contribution in [2.75, 3.05) is 0 Å². The van der Waals surface area contributed by atoms with E-state index in [0.717, 1.165) is 18.5 Å². The van der Waals surface area contributed by atoms with Crippen molar-refractivity contribution in [3.8, 4) is 0 Å². The third kappa shape index (κ3) is 2.58. The topological polar surface area (TPSA) is 12.0 Å². The van der Waals surface area contributed by atoms with Crippen molar-refractivity contribution < 1.29 is 4.39 Å². The van der Waals surface area contributed by atoms with Gasteiger partial charge in [-0.15, -0.1) is 0 Å². The Bertz CT molecular complexity index is 446. The predicted molar refractivity (Wildman–Crippen MR) is 68.1 cm³/mol. The highest BCUT2D eigenvalue weighted by Crippen LogP contribution is 2.30. The van der Waals surface area contributed by atoms with Gasteiger partial charge in [-0.1, -0.05) is 12.1 Å². The molecule has 1 nitrogen and oxygen atoms in total. The average Bonchev–Trinajstić information content (AvgIpc) is 3.00. The van der Waals surface area contributed by atoms with Gasteiger partial charge in [0, 0.05) is 12.6 Å². The maximum absolute atomic E-state index is 13.3. The van der Waals surface area contributed by atoms with Gasteiger partial charge in [-0.05, 0) is 60.9 Å². The zero-order valence-corrected chi connectivity index (χ0v) is 10.0. The second kappa shape index (κ2) is 4.61. The van der Waals surface area contributed by atoms with E-state index >= 15 is 0 Å². The summed E-state index contributed by atoms with van der Waals surface area (Å²) in [6.45, 7) is 0.801. The third-order valence-electron chi connectivity index (χ3n) is 3.61. The summed E-state index contributed by atoms with van der Waals surface area (Å²) in [6, 6.07) is 5.87. The van der Waals surface area contributed by atoms with Crippen molar-refractivity contribution in [2.45, 2.75) is 44.7 Å². The van der Waals surface area contributed by atoms with Crippen LogP contribution in [0.5, 0.6) is 0 Å². The molecule has 0 amide bonds. The summed E-state index contributed by atoms with van der Waals surface area (Å²) in [6.07, 6.45) is 8.39. The molecule has 3 rings (SSSR count). The minimum Gasteiger partial charge on any atom is -0.310 e. The minimum absolute atomic E-state index is 0.125. The Balaban J connectivity index is 1.83. The summed E-state index contributed by atoms with van der Waals surface area (Å²) in [5, 5.41) is 3.47. The molecule has 1 aromatic carbocycles. The summed E-state index contributed by atoms with van der Waals surface area (Å²) < 4.78 is 13.3. The number of nitrogens with one attached hydrogen (secondary N) is 1. The first-order chi connectivity index (χ1) is 8.33. The summed E-state index contributed by atoms with van der Waals surface area (Å²) in [5.41, 5.74) is 3.76. The predicted octanol–water partition coefficient (Wildman–Crippen LogP) is 3.65. The Morgan fingerprint density at radius 3 is 2.88 bits per heavy atom. The maximum atomic E-state index is 13.3. The average molecular weight is 231 g/mol. The second-order valence-corrected chi connectivity index (χ2v) is 5.08. The van der Waals surface area contributed by atoms with Gasteiger partial charge in [0.1, 0.15) is 5.82 Å². The molecule has 0 spiro atoms. The standard InChI is InChI=1S/C15H18FN/c16-13-5-8-15(11-3-1-2-4-11)12(9-13)10-17-14-6-7-14/h3,5,8-9,14,17H,1-2,4,6-7,10H2. The van der Waals surface area contributed by atoms with E-state index in [1.165, 1.54) is 36.8 Å². The Labute approximate surface area is 102 Å². The van der Waals surface area contributed by atoms with Gasteiger partial charge in [0.15, 0.2) is 0 Å². The zero-order chi connectivity index (χ0) is 11.7. The van der Waals surface area contributed by atoms with Crippen LogP contribution in [0, 0.1) is 5.82 Å². The number of rotatable bonds is 4. The van der Waals surface area contributed by atoms with E-state index in [9.17, 15) is 4.39 Å². The number of halogens is 1. The van der Waals surface area contributed by atoms with Gasteiger partial charge in [0.05, 0.1) is 0 Å². The molecule has 0 unspecified atom stereocenters. The quantitative estimate of drug-likeness (QED) is 0.834. The molecule has 0 bridgehead atoms. The molecule has 1 saturated carbocycles. The van der Waals surface area contributed by atoms with Crippen LogP contribution in [-0.4, -0.2) is 6.04 Å². The van der Waals surface area contributed by atoms with Crippen LogP contribution in [0.2, 0.25) is 0 Å². The van der Waals surface area contributed by atoms with E-state index in [1.54, 1.807) is 12.1 Å². The number of benzene rings is 1. The van der Waals surface area contributed by atoms with Crippen molar-refractivity contribution in [2.24, 2.45) is 0 Å². The fourth-order valence-corrected chi connectivity index (χ4v) is 2.48. The van der Waals surface area contributed by atoms with E-state index in [4.69, 9.17) is 0 Å². The molecule has 1 aromatic rings. The zero-order valence-electron chi connectivity index (χ0n) is 10.0. The molecule has 17 heavy (non-hydrogen) atoms. The smallest absolute Gasteiger partial charge is 0.123 e. The Hall–Kier alpha value is -1.15. The first-order valence-electron chi connectivity index (χ1n) is 6.54. The van der Waals surface area contributed by atoms with Crippen molar-refractivity contribution in [3.05, 3.63) is 41.2 Å². The lowest BCUT2D eigenvalue weighted by Gasteiger charge is -2.11. The molecule has 1 fully saturated rings. The Morgan fingerprint density at radius 1 is 1.29 bits per heavy atom. The molecule has 0 aromatic heterocycles. The number of allylic oxidation sites excluding steroid dienone is 2. The summed E-state index contributed by atoms with van der Waals surface area (Å²) >= 11 is 0. The van der Waals surface area contributed by atoms with Crippen molar-refractivity contribution in [3.63, 3.8) is 0 Å². The molecule has 0 atom stereocenters. The molecule has 0 radical (unpaired) electrons. The normalized spacial score (nSPS) is 19.5. The first kappa shape index (κ1) is 11.0. The third-order valence-corrected chi connectivity index (χ3v) is 3.61. The molecule has 0 aliphatic heterocycles. The fraction of sp³-hybridized carbons (Fsp3) is 0.467. The molecule has 0 saturated heterocycles. The maximum Gasteiger partial charge on any atom is 0.123 e. The highest BCUT2D eigenvalue weighted by atomic mass is 19.1. The lowest BCUT2D eigenvalue weighted by Crippen LogP contribution is -2.16. The molecule has 2 aliphatic rings. The highest BCUT2D eigenvalue weighted by Gasteiger charge is 2.21. The van der Waals surface area contributed by atoms with Gasteiger partial charge >= 0.3 is 0 Å². The van der Waals surface area contributed by atoms with Crippen LogP contribution in [0.4, 0.5) is 4.39 Å².